The third kappa shape index (κ3) is 4.37. The number of hydrogen-bond acceptors (Lipinski definition) is 7. The van der Waals surface area contributed by atoms with Gasteiger partial charge in [-0.15, -0.1) is 0 Å². The predicted molar refractivity (Wildman–Crippen MR) is 142 cm³/mol. The monoisotopic (exact) mass is 522 g/mol. The summed E-state index contributed by atoms with van der Waals surface area (Å²) in [7, 11) is 1.59. The molecule has 1 unspecified atom stereocenters. The van der Waals surface area contributed by atoms with Crippen LogP contribution in [0.4, 0.5) is 0 Å². The Morgan fingerprint density at radius 1 is 1.24 bits per heavy atom. The van der Waals surface area contributed by atoms with Crippen LogP contribution in [-0.4, -0.2) is 59.1 Å². The molecule has 2 aliphatic heterocycles. The Labute approximate surface area is 223 Å². The molecule has 9 nitrogen and oxygen atoms in total. The van der Waals surface area contributed by atoms with Gasteiger partial charge >= 0.3 is 0 Å². The Hall–Kier alpha value is -2.98. The van der Waals surface area contributed by atoms with Gasteiger partial charge in [-0.3, -0.25) is 20.6 Å². The lowest BCUT2D eigenvalue weighted by Crippen LogP contribution is -2.70. The van der Waals surface area contributed by atoms with Crippen LogP contribution < -0.4 is 21.1 Å². The van der Waals surface area contributed by atoms with E-state index in [0.29, 0.717) is 29.7 Å². The predicted octanol–water partition coefficient (Wildman–Crippen LogP) is 2.54. The van der Waals surface area contributed by atoms with E-state index >= 15 is 0 Å². The number of aliphatic hydroxyl groups excluding tert-OH is 1. The first kappa shape index (κ1) is 26.6. The molecular formula is C29H38N4O5. The molecule has 1 fully saturated rings. The Bertz CT molecular complexity index is 1230. The quantitative estimate of drug-likeness (QED) is 0.440. The molecular weight excluding hydrogens is 484 g/mol. The summed E-state index contributed by atoms with van der Waals surface area (Å²) in [5, 5.41) is 17.1. The van der Waals surface area contributed by atoms with E-state index in [1.165, 1.54) is 0 Å². The van der Waals surface area contributed by atoms with Gasteiger partial charge < -0.3 is 24.8 Å². The van der Waals surface area contributed by atoms with Gasteiger partial charge in [0, 0.05) is 36.6 Å². The highest BCUT2D eigenvalue weighted by atomic mass is 16.5. The minimum absolute atomic E-state index is 0.0655. The number of aliphatic hydroxyl groups is 1. The zero-order valence-electron chi connectivity index (χ0n) is 22.5. The normalized spacial score (nSPS) is 29.5. The summed E-state index contributed by atoms with van der Waals surface area (Å²) < 4.78 is 11.9. The highest BCUT2D eigenvalue weighted by molar-refractivity contribution is 5.95. The largest absolute Gasteiger partial charge is 0.482 e. The van der Waals surface area contributed by atoms with E-state index in [0.717, 1.165) is 24.0 Å². The van der Waals surface area contributed by atoms with Crippen molar-refractivity contribution in [1.29, 1.82) is 0 Å². The molecule has 5 N–H and O–H groups in total. The molecule has 2 aromatic carbocycles. The summed E-state index contributed by atoms with van der Waals surface area (Å²) in [6.45, 7) is 6.23. The van der Waals surface area contributed by atoms with Crippen LogP contribution in [0.1, 0.15) is 79.2 Å². The van der Waals surface area contributed by atoms with Gasteiger partial charge in [0.1, 0.15) is 18.1 Å². The lowest BCUT2D eigenvalue weighted by atomic mass is 9.84. The lowest BCUT2D eigenvalue weighted by molar-refractivity contribution is -0.153. The van der Waals surface area contributed by atoms with E-state index in [9.17, 15) is 14.7 Å². The maximum atomic E-state index is 13.6. The zero-order valence-corrected chi connectivity index (χ0v) is 22.5. The summed E-state index contributed by atoms with van der Waals surface area (Å²) in [5.74, 6) is 0.209. The lowest BCUT2D eigenvalue weighted by Gasteiger charge is -2.49. The zero-order chi connectivity index (χ0) is 27.2. The van der Waals surface area contributed by atoms with Crippen LogP contribution in [0.5, 0.6) is 5.75 Å². The first-order chi connectivity index (χ1) is 18.1. The average Bonchev–Trinajstić information content (AvgIpc) is 3.36. The number of rotatable bonds is 7. The molecule has 38 heavy (non-hydrogen) atoms. The van der Waals surface area contributed by atoms with Crippen molar-refractivity contribution in [3.63, 3.8) is 0 Å². The number of ether oxygens (including phenoxy) is 2. The summed E-state index contributed by atoms with van der Waals surface area (Å²) in [6.07, 6.45) is 0.959. The second-order valence-electron chi connectivity index (χ2n) is 11.0. The third-order valence-corrected chi connectivity index (χ3v) is 8.57. The number of methoxy groups -OCH3 is 1. The SMILES string of the molecule is CCC1(CC)CC(=O)N([C@H]2c3cc(C(=O)N[C@@H]4c5ccccc5C[C@H]4O)ccc3O[C@@]2(C)COC)C(N)N1. The number of nitrogens with zero attached hydrogens (tertiary/aromatic N) is 1. The highest BCUT2D eigenvalue weighted by Gasteiger charge is 2.54. The highest BCUT2D eigenvalue weighted by Crippen LogP contribution is 2.49. The maximum absolute atomic E-state index is 13.6. The number of fused-ring (bicyclic) bond motifs is 2. The minimum atomic E-state index is -0.903. The fraction of sp³-hybridized carbons (Fsp3) is 0.517. The molecule has 0 bridgehead atoms. The molecule has 3 aliphatic rings. The van der Waals surface area contributed by atoms with Gasteiger partial charge in [0.05, 0.1) is 18.8 Å². The number of carbonyl (C=O) groups is 2. The molecule has 204 valence electrons. The summed E-state index contributed by atoms with van der Waals surface area (Å²) in [6, 6.07) is 11.9. The number of carbonyl (C=O) groups excluding carboxylic acids is 2. The molecule has 9 heteroatoms. The number of nitrogens with two attached hydrogens (primary N) is 1. The molecule has 0 aromatic heterocycles. The number of nitrogens with one attached hydrogen (secondary N) is 2. The van der Waals surface area contributed by atoms with Crippen molar-refractivity contribution in [3.8, 4) is 5.75 Å². The van der Waals surface area contributed by atoms with E-state index in [1.807, 2.05) is 31.2 Å². The van der Waals surface area contributed by atoms with E-state index in [-0.39, 0.29) is 24.0 Å². The van der Waals surface area contributed by atoms with Crippen molar-refractivity contribution in [3.05, 3.63) is 64.7 Å². The van der Waals surface area contributed by atoms with Gasteiger partial charge in [0.2, 0.25) is 5.91 Å². The standard InChI is InChI=1S/C29H38N4O5/c1-5-29(6-2)15-23(35)33(27(30)32-29)25-20-13-18(11-12-22(20)38-28(25,3)16-37-4)26(36)31-24-19-10-8-7-9-17(19)14-21(24)34/h7-13,21,24-25,27,32,34H,5-6,14-16,30H2,1-4H3,(H,31,36)/t21-,24-,25+,27?,28+/m1/s1. The van der Waals surface area contributed by atoms with Crippen LogP contribution in [0.2, 0.25) is 0 Å². The van der Waals surface area contributed by atoms with Crippen LogP contribution in [-0.2, 0) is 16.0 Å². The first-order valence-electron chi connectivity index (χ1n) is 13.4. The third-order valence-electron chi connectivity index (χ3n) is 8.57. The van der Waals surface area contributed by atoms with Gasteiger partial charge in [-0.2, -0.15) is 0 Å². The summed E-state index contributed by atoms with van der Waals surface area (Å²) in [4.78, 5) is 28.7. The molecule has 0 radical (unpaired) electrons. The van der Waals surface area contributed by atoms with Gasteiger partial charge in [-0.1, -0.05) is 38.1 Å². The number of hydrogen-bond donors (Lipinski definition) is 4. The Balaban J connectivity index is 1.47. The Morgan fingerprint density at radius 2 is 1.97 bits per heavy atom. The Morgan fingerprint density at radius 3 is 2.66 bits per heavy atom. The summed E-state index contributed by atoms with van der Waals surface area (Å²) >= 11 is 0. The molecule has 5 rings (SSSR count). The Kier molecular flexibility index (Phi) is 6.98. The van der Waals surface area contributed by atoms with Gasteiger partial charge in [-0.25, -0.2) is 0 Å². The fourth-order valence-electron chi connectivity index (χ4n) is 6.42. The molecule has 0 spiro atoms. The number of benzene rings is 2. The molecule has 5 atom stereocenters. The van der Waals surface area contributed by atoms with Crippen molar-refractivity contribution < 1.29 is 24.2 Å². The number of amides is 2. The second-order valence-corrected chi connectivity index (χ2v) is 11.0. The molecule has 2 aromatic rings. The van der Waals surface area contributed by atoms with Gasteiger partial charge in [-0.05, 0) is 49.1 Å². The molecule has 2 heterocycles. The average molecular weight is 523 g/mol. The van der Waals surface area contributed by atoms with Crippen LogP contribution in [0, 0.1) is 0 Å². The van der Waals surface area contributed by atoms with Gasteiger partial charge in [0.15, 0.2) is 5.60 Å². The van der Waals surface area contributed by atoms with Crippen molar-refractivity contribution in [2.75, 3.05) is 13.7 Å². The van der Waals surface area contributed by atoms with E-state index in [4.69, 9.17) is 15.2 Å². The van der Waals surface area contributed by atoms with Crippen molar-refractivity contribution >= 4 is 11.8 Å². The van der Waals surface area contributed by atoms with Crippen LogP contribution in [0.3, 0.4) is 0 Å². The van der Waals surface area contributed by atoms with Crippen molar-refractivity contribution in [2.24, 2.45) is 5.73 Å². The van der Waals surface area contributed by atoms with Crippen molar-refractivity contribution in [1.82, 2.24) is 15.5 Å². The van der Waals surface area contributed by atoms with E-state index in [2.05, 4.69) is 24.5 Å². The van der Waals surface area contributed by atoms with E-state index < -0.39 is 30.1 Å². The summed E-state index contributed by atoms with van der Waals surface area (Å²) in [5.41, 5.74) is 8.43. The van der Waals surface area contributed by atoms with Crippen LogP contribution in [0.25, 0.3) is 0 Å². The molecule has 0 saturated carbocycles. The topological polar surface area (TPSA) is 126 Å². The molecule has 2 amide bonds. The van der Waals surface area contributed by atoms with Crippen molar-refractivity contribution in [2.45, 2.75) is 82.1 Å². The maximum Gasteiger partial charge on any atom is 0.251 e. The van der Waals surface area contributed by atoms with Crippen LogP contribution >= 0.6 is 0 Å². The smallest absolute Gasteiger partial charge is 0.251 e. The fourth-order valence-corrected chi connectivity index (χ4v) is 6.42. The molecule has 1 aliphatic carbocycles. The molecule has 1 saturated heterocycles. The second kappa shape index (κ2) is 9.96. The van der Waals surface area contributed by atoms with Crippen LogP contribution in [0.15, 0.2) is 42.5 Å². The van der Waals surface area contributed by atoms with Gasteiger partial charge in [0.25, 0.3) is 5.91 Å². The first-order valence-corrected chi connectivity index (χ1v) is 13.4. The van der Waals surface area contributed by atoms with E-state index in [1.54, 1.807) is 30.2 Å². The minimum Gasteiger partial charge on any atom is -0.482 e.